The summed E-state index contributed by atoms with van der Waals surface area (Å²) >= 11 is 1.34. The van der Waals surface area contributed by atoms with Gasteiger partial charge >= 0.3 is 5.97 Å². The normalized spacial score (nSPS) is 11.9. The zero-order chi connectivity index (χ0) is 21.1. The molecule has 0 aliphatic rings. The molecule has 4 rings (SSSR count). The van der Waals surface area contributed by atoms with E-state index in [1.165, 1.54) is 23.5 Å². The van der Waals surface area contributed by atoms with Crippen LogP contribution in [0.25, 0.3) is 11.3 Å². The Balaban J connectivity index is 1.87. The fourth-order valence-corrected chi connectivity index (χ4v) is 4.61. The van der Waals surface area contributed by atoms with Gasteiger partial charge in [-0.05, 0) is 47.5 Å². The van der Waals surface area contributed by atoms with Gasteiger partial charge in [-0.1, -0.05) is 42.5 Å². The van der Waals surface area contributed by atoms with E-state index in [4.69, 9.17) is 4.98 Å². The van der Waals surface area contributed by atoms with Crippen LogP contribution in [-0.2, 0) is 11.2 Å². The molecule has 0 spiro atoms. The van der Waals surface area contributed by atoms with Crippen molar-refractivity contribution >= 4 is 17.3 Å². The third kappa shape index (κ3) is 4.23. The first-order chi connectivity index (χ1) is 14.5. The summed E-state index contributed by atoms with van der Waals surface area (Å²) in [6.45, 7) is 0. The zero-order valence-electron chi connectivity index (χ0n) is 15.8. The van der Waals surface area contributed by atoms with Gasteiger partial charge in [0.1, 0.15) is 16.6 Å². The average molecular weight is 419 g/mol. The van der Waals surface area contributed by atoms with Crippen molar-refractivity contribution in [2.45, 2.75) is 12.3 Å². The molecule has 0 saturated carbocycles. The number of phenols is 1. The number of hydrogen-bond acceptors (Lipinski definition) is 4. The summed E-state index contributed by atoms with van der Waals surface area (Å²) < 4.78 is 13.4. The van der Waals surface area contributed by atoms with E-state index in [-0.39, 0.29) is 23.9 Å². The molecule has 1 aromatic heterocycles. The lowest BCUT2D eigenvalue weighted by molar-refractivity contribution is -0.136. The van der Waals surface area contributed by atoms with E-state index in [0.29, 0.717) is 16.1 Å². The molecule has 1 heterocycles. The van der Waals surface area contributed by atoms with Crippen LogP contribution in [0.2, 0.25) is 0 Å². The number of aliphatic carboxylic acids is 1. The van der Waals surface area contributed by atoms with Crippen molar-refractivity contribution in [3.63, 3.8) is 0 Å². The van der Waals surface area contributed by atoms with Crippen LogP contribution in [0.5, 0.6) is 5.75 Å². The van der Waals surface area contributed by atoms with Crippen molar-refractivity contribution in [1.82, 2.24) is 4.98 Å². The van der Waals surface area contributed by atoms with E-state index in [2.05, 4.69) is 0 Å². The molecule has 150 valence electrons. The molecular formula is C24H18FNO3S. The molecule has 0 aliphatic heterocycles. The molecule has 1 atom stereocenters. The van der Waals surface area contributed by atoms with Gasteiger partial charge in [-0.3, -0.25) is 4.79 Å². The largest absolute Gasteiger partial charge is 0.508 e. The number of carboxylic acids is 1. The molecule has 6 heteroatoms. The van der Waals surface area contributed by atoms with Crippen LogP contribution in [-0.4, -0.2) is 21.2 Å². The molecule has 3 aromatic carbocycles. The first-order valence-corrected chi connectivity index (χ1v) is 10.1. The van der Waals surface area contributed by atoms with Gasteiger partial charge in [0.05, 0.1) is 18.0 Å². The van der Waals surface area contributed by atoms with Gasteiger partial charge in [0.25, 0.3) is 0 Å². The summed E-state index contributed by atoms with van der Waals surface area (Å²) in [5.74, 6) is -1.36. The monoisotopic (exact) mass is 419 g/mol. The molecule has 0 saturated heterocycles. The van der Waals surface area contributed by atoms with Crippen LogP contribution in [0, 0.1) is 5.82 Å². The number of carbonyl (C=O) groups is 1. The van der Waals surface area contributed by atoms with E-state index in [0.717, 1.165) is 16.1 Å². The van der Waals surface area contributed by atoms with Crippen LogP contribution in [0.1, 0.15) is 26.9 Å². The number of thiazole rings is 1. The molecule has 0 fully saturated rings. The number of phenolic OH excluding ortho intramolecular Hbond substituents is 1. The van der Waals surface area contributed by atoms with Gasteiger partial charge in [-0.25, -0.2) is 9.37 Å². The average Bonchev–Trinajstić information content (AvgIpc) is 3.13. The molecule has 4 nitrogen and oxygen atoms in total. The van der Waals surface area contributed by atoms with Crippen LogP contribution in [0.15, 0.2) is 78.9 Å². The number of rotatable bonds is 6. The summed E-state index contributed by atoms with van der Waals surface area (Å²) in [4.78, 5) is 16.9. The Bertz CT molecular complexity index is 1160. The molecule has 0 radical (unpaired) electrons. The van der Waals surface area contributed by atoms with Gasteiger partial charge in [0, 0.05) is 10.4 Å². The van der Waals surface area contributed by atoms with Gasteiger partial charge in [-0.15, -0.1) is 11.3 Å². The number of aromatic nitrogens is 1. The highest BCUT2D eigenvalue weighted by atomic mass is 32.1. The molecular weight excluding hydrogens is 401 g/mol. The molecule has 1 unspecified atom stereocenters. The highest BCUT2D eigenvalue weighted by Gasteiger charge is 2.24. The smallest absolute Gasteiger partial charge is 0.308 e. The van der Waals surface area contributed by atoms with Gasteiger partial charge in [0.2, 0.25) is 0 Å². The van der Waals surface area contributed by atoms with Crippen molar-refractivity contribution in [3.8, 4) is 17.0 Å². The second kappa shape index (κ2) is 8.47. The molecule has 30 heavy (non-hydrogen) atoms. The molecule has 0 aliphatic carbocycles. The summed E-state index contributed by atoms with van der Waals surface area (Å²) in [6.07, 6.45) is -0.165. The zero-order valence-corrected chi connectivity index (χ0v) is 16.6. The third-order valence-corrected chi connectivity index (χ3v) is 5.87. The Kier molecular flexibility index (Phi) is 5.59. The third-order valence-electron chi connectivity index (χ3n) is 4.75. The maximum atomic E-state index is 13.4. The van der Waals surface area contributed by atoms with Crippen molar-refractivity contribution in [3.05, 3.63) is 106 Å². The fourth-order valence-electron chi connectivity index (χ4n) is 3.37. The van der Waals surface area contributed by atoms with Gasteiger partial charge in [0.15, 0.2) is 0 Å². The van der Waals surface area contributed by atoms with Gasteiger partial charge in [-0.2, -0.15) is 0 Å². The van der Waals surface area contributed by atoms with Crippen LogP contribution in [0.3, 0.4) is 0 Å². The maximum Gasteiger partial charge on any atom is 0.308 e. The minimum absolute atomic E-state index is 0.165. The van der Waals surface area contributed by atoms with E-state index in [1.54, 1.807) is 24.3 Å². The molecule has 4 aromatic rings. The maximum absolute atomic E-state index is 13.4. The number of carboxylic acid groups (broad SMARTS) is 1. The number of aromatic hydroxyl groups is 1. The predicted octanol–water partition coefficient (Wildman–Crippen LogP) is 5.46. The lowest BCUT2D eigenvalue weighted by Crippen LogP contribution is -2.02. The second-order valence-corrected chi connectivity index (χ2v) is 7.95. The lowest BCUT2D eigenvalue weighted by atomic mass is 9.92. The SMILES string of the molecule is O=C(O)Cc1sc(C(c2ccccc2)c2ccc(O)cc2)nc1-c1ccc(F)cc1. The van der Waals surface area contributed by atoms with E-state index in [9.17, 15) is 19.4 Å². The fraction of sp³-hybridized carbons (Fsp3) is 0.0833. The van der Waals surface area contributed by atoms with Crippen molar-refractivity contribution in [2.75, 3.05) is 0 Å². The number of hydrogen-bond donors (Lipinski definition) is 2. The minimum atomic E-state index is -0.950. The number of nitrogens with zero attached hydrogens (tertiary/aromatic N) is 1. The first kappa shape index (κ1) is 19.8. The standard InChI is InChI=1S/C24H18FNO3S/c25-18-10-6-17(7-11-18)23-20(14-21(28)29)30-24(26-23)22(15-4-2-1-3-5-15)16-8-12-19(27)13-9-16/h1-13,22,27H,14H2,(H,28,29). The van der Waals surface area contributed by atoms with E-state index < -0.39 is 5.97 Å². The van der Waals surface area contributed by atoms with Crippen LogP contribution >= 0.6 is 11.3 Å². The van der Waals surface area contributed by atoms with Crippen LogP contribution < -0.4 is 0 Å². The van der Waals surface area contributed by atoms with E-state index in [1.807, 2.05) is 42.5 Å². The molecule has 2 N–H and O–H groups in total. The van der Waals surface area contributed by atoms with Crippen LogP contribution in [0.4, 0.5) is 4.39 Å². The highest BCUT2D eigenvalue weighted by molar-refractivity contribution is 7.12. The van der Waals surface area contributed by atoms with Crippen molar-refractivity contribution in [1.29, 1.82) is 0 Å². The summed E-state index contributed by atoms with van der Waals surface area (Å²) in [6, 6.07) is 22.6. The second-order valence-electron chi connectivity index (χ2n) is 6.84. The van der Waals surface area contributed by atoms with Gasteiger partial charge < -0.3 is 10.2 Å². The number of halogens is 1. The number of benzene rings is 3. The first-order valence-electron chi connectivity index (χ1n) is 9.32. The summed E-state index contributed by atoms with van der Waals surface area (Å²) in [5, 5.41) is 19.8. The minimum Gasteiger partial charge on any atom is -0.508 e. The molecule has 0 bridgehead atoms. The Hall–Kier alpha value is -3.51. The topological polar surface area (TPSA) is 70.4 Å². The van der Waals surface area contributed by atoms with Crippen molar-refractivity contribution < 1.29 is 19.4 Å². The Morgan fingerprint density at radius 1 is 0.933 bits per heavy atom. The summed E-state index contributed by atoms with van der Waals surface area (Å²) in [5.41, 5.74) is 3.16. The predicted molar refractivity (Wildman–Crippen MR) is 114 cm³/mol. The Morgan fingerprint density at radius 2 is 1.57 bits per heavy atom. The quantitative estimate of drug-likeness (QED) is 0.435. The Labute approximate surface area is 176 Å². The highest BCUT2D eigenvalue weighted by Crippen LogP contribution is 2.39. The molecule has 0 amide bonds. The summed E-state index contributed by atoms with van der Waals surface area (Å²) in [7, 11) is 0. The lowest BCUT2D eigenvalue weighted by Gasteiger charge is -2.16. The van der Waals surface area contributed by atoms with Crippen molar-refractivity contribution in [2.24, 2.45) is 0 Å². The van der Waals surface area contributed by atoms with E-state index >= 15 is 0 Å². The Morgan fingerprint density at radius 3 is 2.20 bits per heavy atom.